The molecule has 0 aliphatic carbocycles. The van der Waals surface area contributed by atoms with Crippen molar-refractivity contribution in [2.45, 2.75) is 0 Å². The van der Waals surface area contributed by atoms with Gasteiger partial charge in [0.25, 0.3) is 0 Å². The molecule has 144 valence electrons. The second-order valence-electron chi connectivity index (χ2n) is 6.31. The molecule has 0 aliphatic heterocycles. The van der Waals surface area contributed by atoms with E-state index in [1.54, 1.807) is 18.2 Å². The second-order valence-corrected chi connectivity index (χ2v) is 6.31. The lowest BCUT2D eigenvalue weighted by molar-refractivity contribution is 1.18. The van der Waals surface area contributed by atoms with E-state index in [1.807, 2.05) is 91.0 Å². The van der Waals surface area contributed by atoms with Crippen molar-refractivity contribution in [1.82, 2.24) is 0 Å². The molecule has 0 unspecified atom stereocenters. The topological polar surface area (TPSA) is 74.2 Å². The lowest BCUT2D eigenvalue weighted by Crippen LogP contribution is -1.70. The van der Waals surface area contributed by atoms with Gasteiger partial charge in [-0.15, -0.1) is 0 Å². The van der Waals surface area contributed by atoms with Crippen molar-refractivity contribution in [2.24, 2.45) is 30.7 Å². The van der Waals surface area contributed by atoms with Gasteiger partial charge in [-0.1, -0.05) is 54.6 Å². The number of hydrogen-bond acceptors (Lipinski definition) is 6. The van der Waals surface area contributed by atoms with Gasteiger partial charge >= 0.3 is 0 Å². The van der Waals surface area contributed by atoms with Crippen molar-refractivity contribution >= 4 is 34.1 Å². The molecule has 4 aromatic rings. The third kappa shape index (κ3) is 5.59. The van der Waals surface area contributed by atoms with Crippen LogP contribution in [0.1, 0.15) is 0 Å². The molecule has 0 heterocycles. The Hall–Kier alpha value is -4.32. The van der Waals surface area contributed by atoms with Gasteiger partial charge in [-0.3, -0.25) is 0 Å². The smallest absolute Gasteiger partial charge is 0.0901 e. The molecular formula is C24H18N6. The highest BCUT2D eigenvalue weighted by Gasteiger charge is 2.01. The number of benzene rings is 4. The fraction of sp³-hybridized carbons (Fsp3) is 0. The average Bonchev–Trinajstić information content (AvgIpc) is 2.82. The summed E-state index contributed by atoms with van der Waals surface area (Å²) in [5, 5.41) is 25.8. The average molecular weight is 390 g/mol. The molecule has 30 heavy (non-hydrogen) atoms. The summed E-state index contributed by atoms with van der Waals surface area (Å²) in [7, 11) is 0. The van der Waals surface area contributed by atoms with E-state index in [4.69, 9.17) is 0 Å². The Bertz CT molecular complexity index is 1010. The minimum Gasteiger partial charge on any atom is -0.151 e. The zero-order chi connectivity index (χ0) is 20.4. The Balaban J connectivity index is 1.65. The molecule has 0 aromatic heterocycles. The van der Waals surface area contributed by atoms with Crippen LogP contribution in [-0.4, -0.2) is 0 Å². The molecule has 6 heteroatoms. The van der Waals surface area contributed by atoms with E-state index in [9.17, 15) is 0 Å². The van der Waals surface area contributed by atoms with E-state index in [-0.39, 0.29) is 0 Å². The first-order chi connectivity index (χ1) is 14.8. The first-order valence-corrected chi connectivity index (χ1v) is 9.41. The van der Waals surface area contributed by atoms with Gasteiger partial charge in [0.05, 0.1) is 34.1 Å². The largest absolute Gasteiger partial charge is 0.151 e. The highest BCUT2D eigenvalue weighted by molar-refractivity contribution is 5.61. The van der Waals surface area contributed by atoms with Crippen LogP contribution < -0.4 is 0 Å². The van der Waals surface area contributed by atoms with Gasteiger partial charge in [-0.05, 0) is 54.6 Å². The summed E-state index contributed by atoms with van der Waals surface area (Å²) in [6.07, 6.45) is 0. The van der Waals surface area contributed by atoms with Gasteiger partial charge in [0.2, 0.25) is 0 Å². The van der Waals surface area contributed by atoms with Crippen LogP contribution in [0.2, 0.25) is 0 Å². The molecule has 6 nitrogen and oxygen atoms in total. The molecular weight excluding hydrogens is 372 g/mol. The fourth-order valence-corrected chi connectivity index (χ4v) is 2.58. The summed E-state index contributed by atoms with van der Waals surface area (Å²) in [6.45, 7) is 0. The number of rotatable bonds is 6. The number of nitrogens with zero attached hydrogens (tertiary/aromatic N) is 6. The summed E-state index contributed by atoms with van der Waals surface area (Å²) in [5.74, 6) is 0. The van der Waals surface area contributed by atoms with E-state index in [2.05, 4.69) is 30.7 Å². The quantitative estimate of drug-likeness (QED) is 0.295. The molecule has 0 saturated carbocycles. The van der Waals surface area contributed by atoms with Gasteiger partial charge in [-0.2, -0.15) is 30.7 Å². The lowest BCUT2D eigenvalue weighted by atomic mass is 10.2. The van der Waals surface area contributed by atoms with Crippen LogP contribution in [0.25, 0.3) is 0 Å². The summed E-state index contributed by atoms with van der Waals surface area (Å²) in [5.41, 5.74) is 4.14. The Kier molecular flexibility index (Phi) is 6.18. The maximum Gasteiger partial charge on any atom is 0.0901 e. The van der Waals surface area contributed by atoms with Crippen molar-refractivity contribution < 1.29 is 0 Å². The van der Waals surface area contributed by atoms with Gasteiger partial charge in [0.1, 0.15) is 0 Å². The van der Waals surface area contributed by atoms with Gasteiger partial charge in [0, 0.05) is 0 Å². The first kappa shape index (κ1) is 19.0. The monoisotopic (exact) mass is 390 g/mol. The van der Waals surface area contributed by atoms with Gasteiger partial charge in [0.15, 0.2) is 0 Å². The molecule has 0 fully saturated rings. The number of hydrogen-bond donors (Lipinski definition) is 0. The maximum atomic E-state index is 4.33. The van der Waals surface area contributed by atoms with Crippen molar-refractivity contribution in [3.8, 4) is 0 Å². The highest BCUT2D eigenvalue weighted by Crippen LogP contribution is 2.31. The van der Waals surface area contributed by atoms with Crippen LogP contribution >= 0.6 is 0 Å². The van der Waals surface area contributed by atoms with Crippen LogP contribution in [0.15, 0.2) is 140 Å². The molecule has 0 N–H and O–H groups in total. The molecule has 0 bridgehead atoms. The summed E-state index contributed by atoms with van der Waals surface area (Å²) in [4.78, 5) is 0. The van der Waals surface area contributed by atoms with Gasteiger partial charge in [-0.25, -0.2) is 0 Å². The third-order valence-electron chi connectivity index (χ3n) is 4.00. The first-order valence-electron chi connectivity index (χ1n) is 9.41. The number of azo groups is 3. The molecule has 0 amide bonds. The van der Waals surface area contributed by atoms with Crippen LogP contribution in [0, 0.1) is 0 Å². The Morgan fingerprint density at radius 3 is 0.767 bits per heavy atom. The van der Waals surface area contributed by atoms with Crippen molar-refractivity contribution in [2.75, 3.05) is 0 Å². The van der Waals surface area contributed by atoms with Crippen LogP contribution in [0.5, 0.6) is 0 Å². The summed E-state index contributed by atoms with van der Waals surface area (Å²) < 4.78 is 0. The van der Waals surface area contributed by atoms with Crippen LogP contribution in [0.3, 0.4) is 0 Å². The van der Waals surface area contributed by atoms with Gasteiger partial charge < -0.3 is 0 Å². The van der Waals surface area contributed by atoms with E-state index < -0.39 is 0 Å². The van der Waals surface area contributed by atoms with E-state index in [0.717, 1.165) is 17.1 Å². The highest BCUT2D eigenvalue weighted by atomic mass is 15.1. The third-order valence-corrected chi connectivity index (χ3v) is 4.00. The maximum absolute atomic E-state index is 4.33. The second kappa shape index (κ2) is 9.75. The SMILES string of the molecule is c1ccc(N=Nc2cc(N=Nc3ccccc3)cc(N=Nc3ccccc3)c2)cc1. The Morgan fingerprint density at radius 2 is 0.500 bits per heavy atom. The molecule has 4 rings (SSSR count). The van der Waals surface area contributed by atoms with E-state index >= 15 is 0 Å². The molecule has 0 spiro atoms. The lowest BCUT2D eigenvalue weighted by Gasteiger charge is -2.00. The standard InChI is InChI=1S/C24H18N6/c1-4-10-19(11-5-1)25-28-22-16-23(29-26-20-12-6-2-7-13-20)18-24(17-22)30-27-21-14-8-3-9-15-21/h1-18H. The predicted octanol–water partition coefficient (Wildman–Crippen LogP) is 8.93. The van der Waals surface area contributed by atoms with E-state index in [0.29, 0.717) is 17.1 Å². The van der Waals surface area contributed by atoms with Crippen molar-refractivity contribution in [3.63, 3.8) is 0 Å². The zero-order valence-corrected chi connectivity index (χ0v) is 16.1. The van der Waals surface area contributed by atoms with Crippen LogP contribution in [0.4, 0.5) is 34.1 Å². The Morgan fingerprint density at radius 1 is 0.267 bits per heavy atom. The van der Waals surface area contributed by atoms with Crippen molar-refractivity contribution in [1.29, 1.82) is 0 Å². The normalized spacial score (nSPS) is 11.6. The molecule has 0 radical (unpaired) electrons. The van der Waals surface area contributed by atoms with Crippen LogP contribution in [-0.2, 0) is 0 Å². The minimum atomic E-state index is 0.616. The predicted molar refractivity (Wildman–Crippen MR) is 118 cm³/mol. The molecule has 0 atom stereocenters. The van der Waals surface area contributed by atoms with Crippen molar-refractivity contribution in [3.05, 3.63) is 109 Å². The van der Waals surface area contributed by atoms with E-state index in [1.165, 1.54) is 0 Å². The summed E-state index contributed by atoms with van der Waals surface area (Å²) in [6, 6.07) is 34.0. The molecule has 0 aliphatic rings. The summed E-state index contributed by atoms with van der Waals surface area (Å²) >= 11 is 0. The zero-order valence-electron chi connectivity index (χ0n) is 16.1. The fourth-order valence-electron chi connectivity index (χ4n) is 2.58. The molecule has 0 saturated heterocycles. The minimum absolute atomic E-state index is 0.616. The Labute approximate surface area is 174 Å². The molecule has 4 aromatic carbocycles.